The SMILES string of the molecule is CC(C)(CNC(=O)c1ccc(S(=O)(=O)C(F)(F)F)cc1)c1ccccc1. The summed E-state index contributed by atoms with van der Waals surface area (Å²) in [5.41, 5.74) is -4.63. The Kier molecular flexibility index (Phi) is 5.46. The lowest BCUT2D eigenvalue weighted by Gasteiger charge is -2.25. The molecule has 0 aromatic heterocycles. The molecule has 0 unspecified atom stereocenters. The van der Waals surface area contributed by atoms with Crippen LogP contribution in [0.1, 0.15) is 29.8 Å². The number of hydrogen-bond donors (Lipinski definition) is 1. The number of halogens is 3. The molecule has 0 saturated carbocycles. The summed E-state index contributed by atoms with van der Waals surface area (Å²) >= 11 is 0. The molecular formula is C18H18F3NO3S. The number of nitrogens with one attached hydrogen (secondary N) is 1. The Morgan fingerprint density at radius 1 is 0.962 bits per heavy atom. The average Bonchev–Trinajstić information content (AvgIpc) is 2.59. The van der Waals surface area contributed by atoms with Gasteiger partial charge in [-0.05, 0) is 29.8 Å². The molecule has 0 saturated heterocycles. The molecule has 4 nitrogen and oxygen atoms in total. The van der Waals surface area contributed by atoms with E-state index in [9.17, 15) is 26.4 Å². The van der Waals surface area contributed by atoms with Crippen LogP contribution in [0.25, 0.3) is 0 Å². The molecule has 0 fully saturated rings. The summed E-state index contributed by atoms with van der Waals surface area (Å²) in [5.74, 6) is -0.495. The zero-order valence-corrected chi connectivity index (χ0v) is 15.0. The van der Waals surface area contributed by atoms with E-state index in [1.165, 1.54) is 0 Å². The van der Waals surface area contributed by atoms with E-state index < -0.39 is 26.1 Å². The average molecular weight is 385 g/mol. The number of carbonyl (C=O) groups is 1. The Hall–Kier alpha value is -2.35. The summed E-state index contributed by atoms with van der Waals surface area (Å²) in [6.45, 7) is 4.20. The molecule has 1 N–H and O–H groups in total. The van der Waals surface area contributed by atoms with Crippen molar-refractivity contribution in [3.63, 3.8) is 0 Å². The summed E-state index contributed by atoms with van der Waals surface area (Å²) in [6.07, 6.45) is 0. The van der Waals surface area contributed by atoms with E-state index in [-0.39, 0.29) is 11.0 Å². The van der Waals surface area contributed by atoms with Crippen molar-refractivity contribution in [2.75, 3.05) is 6.54 Å². The molecular weight excluding hydrogens is 367 g/mol. The maximum absolute atomic E-state index is 12.5. The summed E-state index contributed by atoms with van der Waals surface area (Å²) in [6, 6.07) is 13.2. The van der Waals surface area contributed by atoms with E-state index in [4.69, 9.17) is 0 Å². The highest BCUT2D eigenvalue weighted by Gasteiger charge is 2.46. The lowest BCUT2D eigenvalue weighted by molar-refractivity contribution is -0.0436. The second kappa shape index (κ2) is 7.11. The standard InChI is InChI=1S/C18H18F3NO3S/c1-17(2,14-6-4-3-5-7-14)12-22-16(23)13-8-10-15(11-9-13)26(24,25)18(19,20)21/h3-11H,12H2,1-2H3,(H,22,23). The normalized spacial score (nSPS) is 12.7. The van der Waals surface area contributed by atoms with Crippen molar-refractivity contribution in [2.45, 2.75) is 29.7 Å². The van der Waals surface area contributed by atoms with Gasteiger partial charge in [0.1, 0.15) is 0 Å². The van der Waals surface area contributed by atoms with Crippen LogP contribution in [0.4, 0.5) is 13.2 Å². The summed E-state index contributed by atoms with van der Waals surface area (Å²) < 4.78 is 60.2. The van der Waals surface area contributed by atoms with Crippen LogP contribution < -0.4 is 5.32 Å². The highest BCUT2D eigenvalue weighted by Crippen LogP contribution is 2.30. The number of carbonyl (C=O) groups excluding carboxylic acids is 1. The van der Waals surface area contributed by atoms with Crippen LogP contribution >= 0.6 is 0 Å². The molecule has 0 spiro atoms. The number of alkyl halides is 3. The quantitative estimate of drug-likeness (QED) is 0.854. The molecule has 8 heteroatoms. The van der Waals surface area contributed by atoms with Gasteiger partial charge in [-0.15, -0.1) is 0 Å². The number of benzene rings is 2. The zero-order chi connectivity index (χ0) is 19.6. The Morgan fingerprint density at radius 2 is 1.50 bits per heavy atom. The second-order valence-electron chi connectivity index (χ2n) is 6.41. The molecule has 1 amide bonds. The van der Waals surface area contributed by atoms with Gasteiger partial charge in [-0.2, -0.15) is 13.2 Å². The van der Waals surface area contributed by atoms with Gasteiger partial charge in [0.05, 0.1) is 4.90 Å². The van der Waals surface area contributed by atoms with Gasteiger partial charge < -0.3 is 5.32 Å². The Labute approximate surface area is 150 Å². The fourth-order valence-corrected chi connectivity index (χ4v) is 3.08. The van der Waals surface area contributed by atoms with Crippen LogP contribution in [-0.4, -0.2) is 26.4 Å². The topological polar surface area (TPSA) is 63.2 Å². The minimum Gasteiger partial charge on any atom is -0.351 e. The van der Waals surface area contributed by atoms with E-state index in [1.54, 1.807) is 0 Å². The smallest absolute Gasteiger partial charge is 0.351 e. The van der Waals surface area contributed by atoms with E-state index in [0.717, 1.165) is 29.8 Å². The lowest BCUT2D eigenvalue weighted by atomic mass is 9.84. The maximum atomic E-state index is 12.5. The Bertz CT molecular complexity index is 874. The first-order chi connectivity index (χ1) is 11.9. The summed E-state index contributed by atoms with van der Waals surface area (Å²) in [7, 11) is -5.42. The van der Waals surface area contributed by atoms with Crippen molar-refractivity contribution in [1.82, 2.24) is 5.32 Å². The van der Waals surface area contributed by atoms with E-state index in [2.05, 4.69) is 5.32 Å². The summed E-state index contributed by atoms with van der Waals surface area (Å²) in [5, 5.41) is 2.72. The van der Waals surface area contributed by atoms with Crippen molar-refractivity contribution in [3.8, 4) is 0 Å². The number of sulfone groups is 1. The predicted molar refractivity (Wildman–Crippen MR) is 91.5 cm³/mol. The van der Waals surface area contributed by atoms with Crippen LogP contribution in [0, 0.1) is 0 Å². The lowest BCUT2D eigenvalue weighted by Crippen LogP contribution is -2.36. The van der Waals surface area contributed by atoms with Gasteiger partial charge in [-0.3, -0.25) is 4.79 Å². The fourth-order valence-electron chi connectivity index (χ4n) is 2.31. The predicted octanol–water partition coefficient (Wildman–Crippen LogP) is 3.69. The van der Waals surface area contributed by atoms with Crippen LogP contribution in [0.2, 0.25) is 0 Å². The fraction of sp³-hybridized carbons (Fsp3) is 0.278. The number of hydrogen-bond acceptors (Lipinski definition) is 3. The van der Waals surface area contributed by atoms with Crippen LogP contribution in [0.3, 0.4) is 0 Å². The van der Waals surface area contributed by atoms with Gasteiger partial charge in [-0.25, -0.2) is 8.42 Å². The van der Waals surface area contributed by atoms with E-state index in [1.807, 2.05) is 44.2 Å². The van der Waals surface area contributed by atoms with Crippen molar-refractivity contribution in [3.05, 3.63) is 65.7 Å². The zero-order valence-electron chi connectivity index (χ0n) is 14.2. The van der Waals surface area contributed by atoms with Crippen LogP contribution in [0.15, 0.2) is 59.5 Å². The molecule has 140 valence electrons. The minimum atomic E-state index is -5.42. The van der Waals surface area contributed by atoms with Crippen molar-refractivity contribution < 1.29 is 26.4 Å². The van der Waals surface area contributed by atoms with Gasteiger partial charge in [0.25, 0.3) is 15.7 Å². The minimum absolute atomic E-state index is 0.0787. The third-order valence-electron chi connectivity index (χ3n) is 3.98. The third kappa shape index (κ3) is 4.24. The first kappa shape index (κ1) is 20.0. The van der Waals surface area contributed by atoms with Gasteiger partial charge in [0.15, 0.2) is 0 Å². The number of rotatable bonds is 5. The van der Waals surface area contributed by atoms with E-state index >= 15 is 0 Å². The number of amides is 1. The first-order valence-electron chi connectivity index (χ1n) is 7.70. The molecule has 2 aromatic carbocycles. The molecule has 0 aliphatic rings. The largest absolute Gasteiger partial charge is 0.501 e. The van der Waals surface area contributed by atoms with Crippen LogP contribution in [0.5, 0.6) is 0 Å². The molecule has 0 atom stereocenters. The van der Waals surface area contributed by atoms with E-state index in [0.29, 0.717) is 6.54 Å². The highest BCUT2D eigenvalue weighted by molar-refractivity contribution is 7.92. The van der Waals surface area contributed by atoms with Gasteiger partial charge in [-0.1, -0.05) is 44.2 Å². The maximum Gasteiger partial charge on any atom is 0.501 e. The van der Waals surface area contributed by atoms with Crippen molar-refractivity contribution in [2.24, 2.45) is 0 Å². The Balaban J connectivity index is 2.09. The first-order valence-corrected chi connectivity index (χ1v) is 9.18. The van der Waals surface area contributed by atoms with Gasteiger partial charge in [0.2, 0.25) is 0 Å². The summed E-state index contributed by atoms with van der Waals surface area (Å²) in [4.78, 5) is 11.3. The highest BCUT2D eigenvalue weighted by atomic mass is 32.2. The third-order valence-corrected chi connectivity index (χ3v) is 5.48. The Morgan fingerprint density at radius 3 is 2.00 bits per heavy atom. The molecule has 2 rings (SSSR count). The molecule has 2 aromatic rings. The molecule has 0 bridgehead atoms. The van der Waals surface area contributed by atoms with Crippen LogP contribution in [-0.2, 0) is 15.3 Å². The van der Waals surface area contributed by atoms with Crippen molar-refractivity contribution in [1.29, 1.82) is 0 Å². The second-order valence-corrected chi connectivity index (χ2v) is 8.35. The molecule has 0 aliphatic heterocycles. The molecule has 0 aliphatic carbocycles. The van der Waals surface area contributed by atoms with Gasteiger partial charge >= 0.3 is 5.51 Å². The van der Waals surface area contributed by atoms with Gasteiger partial charge in [0, 0.05) is 17.5 Å². The molecule has 26 heavy (non-hydrogen) atoms. The molecule has 0 heterocycles. The van der Waals surface area contributed by atoms with Crippen molar-refractivity contribution >= 4 is 15.7 Å². The molecule has 0 radical (unpaired) electrons. The monoisotopic (exact) mass is 385 g/mol.